The minimum Gasteiger partial charge on any atom is -0.308 e. The third-order valence-electron chi connectivity index (χ3n) is 3.79. The second kappa shape index (κ2) is 5.43. The van der Waals surface area contributed by atoms with E-state index in [1.165, 1.54) is 22.3 Å². The molecule has 1 aliphatic rings. The minimum atomic E-state index is 0.352. The fourth-order valence-corrected chi connectivity index (χ4v) is 3.07. The first-order chi connectivity index (χ1) is 9.65. The highest BCUT2D eigenvalue weighted by molar-refractivity contribution is 6.30. The third-order valence-corrected chi connectivity index (χ3v) is 4.02. The summed E-state index contributed by atoms with van der Waals surface area (Å²) in [5.74, 6) is 0.352. The number of nitrogens with zero attached hydrogens (tertiary/aromatic N) is 1. The van der Waals surface area contributed by atoms with Gasteiger partial charge in [0.2, 0.25) is 0 Å². The molecule has 1 unspecified atom stereocenters. The summed E-state index contributed by atoms with van der Waals surface area (Å²) in [6.45, 7) is 0.978. The van der Waals surface area contributed by atoms with Crippen LogP contribution in [0.4, 0.5) is 0 Å². The van der Waals surface area contributed by atoms with E-state index in [9.17, 15) is 0 Å². The van der Waals surface area contributed by atoms with Crippen LogP contribution in [0.5, 0.6) is 0 Å². The van der Waals surface area contributed by atoms with Crippen LogP contribution in [-0.2, 0) is 0 Å². The maximum Gasteiger partial charge on any atom is 0.0409 e. The van der Waals surface area contributed by atoms with Crippen LogP contribution in [0, 0.1) is 0 Å². The molecule has 2 aromatic rings. The SMILES string of the molecule is CN(C)CC1c2ccccc2C=Cc2ccc(Cl)cc21. The fourth-order valence-electron chi connectivity index (χ4n) is 2.89. The lowest BCUT2D eigenvalue weighted by Gasteiger charge is -2.24. The highest BCUT2D eigenvalue weighted by atomic mass is 35.5. The van der Waals surface area contributed by atoms with Gasteiger partial charge in [-0.05, 0) is 48.5 Å². The summed E-state index contributed by atoms with van der Waals surface area (Å²) >= 11 is 6.22. The number of likely N-dealkylation sites (N-methyl/N-ethyl adjacent to an activating group) is 1. The molecule has 1 nitrogen and oxygen atoms in total. The molecule has 1 aliphatic carbocycles. The summed E-state index contributed by atoms with van der Waals surface area (Å²) in [5.41, 5.74) is 5.25. The number of hydrogen-bond acceptors (Lipinski definition) is 1. The van der Waals surface area contributed by atoms with Crippen molar-refractivity contribution in [3.05, 3.63) is 69.7 Å². The largest absolute Gasteiger partial charge is 0.308 e. The van der Waals surface area contributed by atoms with Crippen molar-refractivity contribution < 1.29 is 0 Å². The van der Waals surface area contributed by atoms with Crippen molar-refractivity contribution in [2.45, 2.75) is 5.92 Å². The summed E-state index contributed by atoms with van der Waals surface area (Å²) in [6.07, 6.45) is 4.40. The Hall–Kier alpha value is -1.57. The Morgan fingerprint density at radius 1 is 0.950 bits per heavy atom. The van der Waals surface area contributed by atoms with E-state index >= 15 is 0 Å². The highest BCUT2D eigenvalue weighted by Gasteiger charge is 2.22. The Morgan fingerprint density at radius 3 is 2.40 bits per heavy atom. The van der Waals surface area contributed by atoms with Crippen LogP contribution in [0.25, 0.3) is 12.2 Å². The number of rotatable bonds is 2. The Bertz CT molecular complexity index is 658. The molecule has 0 heterocycles. The van der Waals surface area contributed by atoms with Crippen LogP contribution in [0.1, 0.15) is 28.2 Å². The first-order valence-electron chi connectivity index (χ1n) is 6.86. The molecule has 0 saturated heterocycles. The van der Waals surface area contributed by atoms with Crippen molar-refractivity contribution >= 4 is 23.8 Å². The first kappa shape index (κ1) is 13.4. The zero-order valence-electron chi connectivity index (χ0n) is 11.8. The van der Waals surface area contributed by atoms with Gasteiger partial charge in [0.1, 0.15) is 0 Å². The van der Waals surface area contributed by atoms with Gasteiger partial charge < -0.3 is 4.90 Å². The van der Waals surface area contributed by atoms with Gasteiger partial charge in [-0.2, -0.15) is 0 Å². The van der Waals surface area contributed by atoms with Crippen LogP contribution in [-0.4, -0.2) is 25.5 Å². The standard InChI is InChI=1S/C18H18ClN/c1-20(2)12-18-16-6-4-3-5-13(16)7-8-14-9-10-15(19)11-17(14)18/h3-11,18H,12H2,1-2H3. The molecule has 2 aromatic carbocycles. The highest BCUT2D eigenvalue weighted by Crippen LogP contribution is 2.36. The zero-order chi connectivity index (χ0) is 14.1. The summed E-state index contributed by atoms with van der Waals surface area (Å²) in [7, 11) is 4.23. The van der Waals surface area contributed by atoms with Crippen molar-refractivity contribution in [1.29, 1.82) is 0 Å². The smallest absolute Gasteiger partial charge is 0.0409 e. The van der Waals surface area contributed by atoms with Gasteiger partial charge in [0, 0.05) is 17.5 Å². The number of hydrogen-bond donors (Lipinski definition) is 0. The van der Waals surface area contributed by atoms with Gasteiger partial charge in [-0.15, -0.1) is 0 Å². The van der Waals surface area contributed by atoms with Crippen LogP contribution in [0.15, 0.2) is 42.5 Å². The fraction of sp³-hybridized carbons (Fsp3) is 0.222. The maximum atomic E-state index is 6.22. The molecule has 0 amide bonds. The summed E-state index contributed by atoms with van der Waals surface area (Å²) in [5, 5.41) is 0.806. The molecule has 0 saturated carbocycles. The monoisotopic (exact) mass is 283 g/mol. The summed E-state index contributed by atoms with van der Waals surface area (Å²) in [4.78, 5) is 2.23. The second-order valence-electron chi connectivity index (χ2n) is 5.55. The van der Waals surface area contributed by atoms with E-state index in [0.717, 1.165) is 11.6 Å². The Kier molecular flexibility index (Phi) is 3.64. The molecule has 102 valence electrons. The average molecular weight is 284 g/mol. The molecule has 0 fully saturated rings. The third kappa shape index (κ3) is 2.52. The molecule has 0 radical (unpaired) electrons. The normalized spacial score (nSPS) is 16.7. The van der Waals surface area contributed by atoms with Crippen LogP contribution >= 0.6 is 11.6 Å². The summed E-state index contributed by atoms with van der Waals surface area (Å²) in [6, 6.07) is 14.8. The molecule has 1 atom stereocenters. The molecule has 2 heteroatoms. The molecule has 0 N–H and O–H groups in total. The van der Waals surface area contributed by atoms with Gasteiger partial charge in [-0.1, -0.05) is 54.1 Å². The maximum absolute atomic E-state index is 6.22. The van der Waals surface area contributed by atoms with E-state index in [4.69, 9.17) is 11.6 Å². The molecular weight excluding hydrogens is 266 g/mol. The van der Waals surface area contributed by atoms with Gasteiger partial charge in [0.15, 0.2) is 0 Å². The van der Waals surface area contributed by atoms with Crippen molar-refractivity contribution in [2.75, 3.05) is 20.6 Å². The van der Waals surface area contributed by atoms with Gasteiger partial charge in [0.25, 0.3) is 0 Å². The minimum absolute atomic E-state index is 0.352. The molecule has 0 spiro atoms. The van der Waals surface area contributed by atoms with Gasteiger partial charge in [-0.3, -0.25) is 0 Å². The predicted octanol–water partition coefficient (Wildman–Crippen LogP) is 4.52. The Morgan fingerprint density at radius 2 is 1.65 bits per heavy atom. The lowest BCUT2D eigenvalue weighted by Crippen LogP contribution is -2.22. The Labute approximate surface area is 125 Å². The van der Waals surface area contributed by atoms with E-state index in [-0.39, 0.29) is 0 Å². The molecule has 20 heavy (non-hydrogen) atoms. The topological polar surface area (TPSA) is 3.24 Å². The van der Waals surface area contributed by atoms with Crippen LogP contribution < -0.4 is 0 Å². The number of benzene rings is 2. The molecule has 3 rings (SSSR count). The average Bonchev–Trinajstić information content (AvgIpc) is 2.57. The molecule has 0 aliphatic heterocycles. The van der Waals surface area contributed by atoms with Gasteiger partial charge in [-0.25, -0.2) is 0 Å². The summed E-state index contributed by atoms with van der Waals surface area (Å²) < 4.78 is 0. The molecular formula is C18H18ClN. The van der Waals surface area contributed by atoms with Crippen LogP contribution in [0.3, 0.4) is 0 Å². The van der Waals surface area contributed by atoms with Crippen molar-refractivity contribution in [2.24, 2.45) is 0 Å². The van der Waals surface area contributed by atoms with E-state index in [1.54, 1.807) is 0 Å². The van der Waals surface area contributed by atoms with Gasteiger partial charge in [0.05, 0.1) is 0 Å². The van der Waals surface area contributed by atoms with Crippen LogP contribution in [0.2, 0.25) is 5.02 Å². The lowest BCUT2D eigenvalue weighted by molar-refractivity contribution is 0.392. The van der Waals surface area contributed by atoms with Gasteiger partial charge >= 0.3 is 0 Å². The lowest BCUT2D eigenvalue weighted by atomic mass is 9.87. The van der Waals surface area contributed by atoms with E-state index in [2.05, 4.69) is 67.5 Å². The predicted molar refractivity (Wildman–Crippen MR) is 87.2 cm³/mol. The number of halogens is 1. The molecule has 0 aromatic heterocycles. The second-order valence-corrected chi connectivity index (χ2v) is 5.99. The van der Waals surface area contributed by atoms with Crippen molar-refractivity contribution in [3.63, 3.8) is 0 Å². The van der Waals surface area contributed by atoms with E-state index < -0.39 is 0 Å². The first-order valence-corrected chi connectivity index (χ1v) is 7.24. The van der Waals surface area contributed by atoms with E-state index in [0.29, 0.717) is 5.92 Å². The number of fused-ring (bicyclic) bond motifs is 2. The molecule has 0 bridgehead atoms. The van der Waals surface area contributed by atoms with Crippen molar-refractivity contribution in [3.8, 4) is 0 Å². The zero-order valence-corrected chi connectivity index (χ0v) is 12.6. The quantitative estimate of drug-likeness (QED) is 0.783. The van der Waals surface area contributed by atoms with Crippen molar-refractivity contribution in [1.82, 2.24) is 4.90 Å². The Balaban J connectivity index is 2.20. The van der Waals surface area contributed by atoms with E-state index in [1.807, 2.05) is 6.07 Å².